The molecule has 0 aromatic carbocycles. The highest BCUT2D eigenvalue weighted by atomic mass is 14.4. The van der Waals surface area contributed by atoms with Gasteiger partial charge in [0.05, 0.1) is 0 Å². The smallest absolute Gasteiger partial charge is 0.0113 e. The van der Waals surface area contributed by atoms with Gasteiger partial charge in [0, 0.05) is 0 Å². The van der Waals surface area contributed by atoms with Crippen molar-refractivity contribution in [2.24, 2.45) is 5.41 Å². The Morgan fingerprint density at radius 1 is 1.40 bits per heavy atom. The summed E-state index contributed by atoms with van der Waals surface area (Å²) in [4.78, 5) is 0. The molecule has 2 rings (SSSR count). The van der Waals surface area contributed by atoms with Crippen molar-refractivity contribution in [3.63, 3.8) is 0 Å². The molecule has 0 atom stereocenters. The summed E-state index contributed by atoms with van der Waals surface area (Å²) < 4.78 is 0. The van der Waals surface area contributed by atoms with Crippen LogP contribution < -0.4 is 0 Å². The summed E-state index contributed by atoms with van der Waals surface area (Å²) in [6, 6.07) is 0. The first-order chi connectivity index (χ1) is 4.81. The van der Waals surface area contributed by atoms with Gasteiger partial charge in [-0.25, -0.2) is 0 Å². The van der Waals surface area contributed by atoms with E-state index in [0.29, 0.717) is 5.41 Å². The zero-order valence-electron chi connectivity index (χ0n) is 6.56. The molecule has 0 aromatic heterocycles. The Hall–Kier alpha value is -0.520. The topological polar surface area (TPSA) is 0 Å². The quantitative estimate of drug-likeness (QED) is 0.517. The summed E-state index contributed by atoms with van der Waals surface area (Å²) in [7, 11) is 0. The normalized spacial score (nSPS) is 27.9. The molecule has 0 heterocycles. The fraction of sp³-hybridized carbons (Fsp3) is 0.600. The number of hydrogen-bond donors (Lipinski definition) is 0. The lowest BCUT2D eigenvalue weighted by molar-refractivity contribution is 0.643. The Bertz CT molecular complexity index is 192. The molecule has 0 nitrogen and oxygen atoms in total. The van der Waals surface area contributed by atoms with E-state index in [1.807, 2.05) is 0 Å². The average molecular weight is 134 g/mol. The van der Waals surface area contributed by atoms with Crippen LogP contribution in [-0.2, 0) is 0 Å². The molecule has 0 unspecified atom stereocenters. The van der Waals surface area contributed by atoms with Gasteiger partial charge in [-0.2, -0.15) is 0 Å². The van der Waals surface area contributed by atoms with Crippen LogP contribution in [0.3, 0.4) is 0 Å². The van der Waals surface area contributed by atoms with Gasteiger partial charge in [0.25, 0.3) is 0 Å². The van der Waals surface area contributed by atoms with E-state index < -0.39 is 0 Å². The number of hydrogen-bond acceptors (Lipinski definition) is 0. The minimum Gasteiger partial charge on any atom is -0.0842 e. The van der Waals surface area contributed by atoms with Crippen LogP contribution in [0.15, 0.2) is 23.8 Å². The van der Waals surface area contributed by atoms with Crippen molar-refractivity contribution in [3.05, 3.63) is 23.8 Å². The van der Waals surface area contributed by atoms with Crippen LogP contribution >= 0.6 is 0 Å². The largest absolute Gasteiger partial charge is 0.0842 e. The van der Waals surface area contributed by atoms with Gasteiger partial charge in [-0.1, -0.05) is 30.7 Å². The van der Waals surface area contributed by atoms with E-state index in [0.717, 1.165) is 0 Å². The summed E-state index contributed by atoms with van der Waals surface area (Å²) in [5.74, 6) is 0. The lowest BCUT2D eigenvalue weighted by Gasteiger charge is -2.14. The van der Waals surface area contributed by atoms with Gasteiger partial charge in [0.2, 0.25) is 0 Å². The Morgan fingerprint density at radius 3 is 2.70 bits per heavy atom. The second kappa shape index (κ2) is 1.98. The molecule has 0 aliphatic heterocycles. The molecule has 1 fully saturated rings. The molecule has 0 bridgehead atoms. The van der Waals surface area contributed by atoms with E-state index in [1.54, 1.807) is 5.57 Å². The average Bonchev–Trinajstić information content (AvgIpc) is 2.72. The first kappa shape index (κ1) is 6.21. The fourth-order valence-corrected chi connectivity index (χ4v) is 1.61. The molecule has 1 saturated carbocycles. The molecular formula is C10H14. The van der Waals surface area contributed by atoms with E-state index in [4.69, 9.17) is 0 Å². The van der Waals surface area contributed by atoms with Crippen LogP contribution in [0.5, 0.6) is 0 Å². The first-order valence-corrected chi connectivity index (χ1v) is 4.17. The van der Waals surface area contributed by atoms with Gasteiger partial charge in [0.1, 0.15) is 0 Å². The van der Waals surface area contributed by atoms with Gasteiger partial charge in [-0.05, 0) is 31.1 Å². The fourth-order valence-electron chi connectivity index (χ4n) is 1.61. The molecule has 0 spiro atoms. The third kappa shape index (κ3) is 0.920. The lowest BCUT2D eigenvalue weighted by atomic mass is 9.91. The van der Waals surface area contributed by atoms with Gasteiger partial charge in [0.15, 0.2) is 0 Å². The van der Waals surface area contributed by atoms with Crippen molar-refractivity contribution in [3.8, 4) is 0 Å². The standard InChI is InChI=1S/C10H14/c1-10(7-8-10)9-5-3-2-4-6-9/h2-3,5H,4,6-8H2,1H3. The lowest BCUT2D eigenvalue weighted by Crippen LogP contribution is -2.00. The second-order valence-corrected chi connectivity index (χ2v) is 3.72. The number of allylic oxidation sites excluding steroid dienone is 4. The van der Waals surface area contributed by atoms with Crippen LogP contribution in [-0.4, -0.2) is 0 Å². The highest BCUT2D eigenvalue weighted by Crippen LogP contribution is 2.53. The third-order valence-electron chi connectivity index (χ3n) is 2.79. The van der Waals surface area contributed by atoms with Crippen molar-refractivity contribution in [2.45, 2.75) is 32.6 Å². The maximum atomic E-state index is 2.39. The highest BCUT2D eigenvalue weighted by molar-refractivity contribution is 5.27. The van der Waals surface area contributed by atoms with Crippen molar-refractivity contribution >= 4 is 0 Å². The van der Waals surface area contributed by atoms with Crippen LogP contribution in [0.25, 0.3) is 0 Å². The van der Waals surface area contributed by atoms with Gasteiger partial charge < -0.3 is 0 Å². The van der Waals surface area contributed by atoms with Gasteiger partial charge in [-0.15, -0.1) is 0 Å². The molecule has 0 heteroatoms. The summed E-state index contributed by atoms with van der Waals surface area (Å²) in [6.07, 6.45) is 12.2. The van der Waals surface area contributed by atoms with Crippen molar-refractivity contribution in [2.75, 3.05) is 0 Å². The monoisotopic (exact) mass is 134 g/mol. The Kier molecular flexibility index (Phi) is 1.23. The number of rotatable bonds is 1. The summed E-state index contributed by atoms with van der Waals surface area (Å²) in [5.41, 5.74) is 2.32. The van der Waals surface area contributed by atoms with E-state index in [1.165, 1.54) is 25.7 Å². The molecule has 0 aromatic rings. The molecular weight excluding hydrogens is 120 g/mol. The zero-order chi connectivity index (χ0) is 7.03. The van der Waals surface area contributed by atoms with Crippen molar-refractivity contribution in [1.82, 2.24) is 0 Å². The van der Waals surface area contributed by atoms with Crippen LogP contribution in [0, 0.1) is 5.41 Å². The predicted molar refractivity (Wildman–Crippen MR) is 43.8 cm³/mol. The zero-order valence-corrected chi connectivity index (χ0v) is 6.56. The van der Waals surface area contributed by atoms with Crippen LogP contribution in [0.2, 0.25) is 0 Å². The van der Waals surface area contributed by atoms with E-state index >= 15 is 0 Å². The Morgan fingerprint density at radius 2 is 2.20 bits per heavy atom. The molecule has 54 valence electrons. The molecule has 0 amide bonds. The molecule has 0 saturated heterocycles. The van der Waals surface area contributed by atoms with Crippen molar-refractivity contribution < 1.29 is 0 Å². The molecule has 10 heavy (non-hydrogen) atoms. The first-order valence-electron chi connectivity index (χ1n) is 4.17. The molecule has 0 radical (unpaired) electrons. The van der Waals surface area contributed by atoms with Crippen molar-refractivity contribution in [1.29, 1.82) is 0 Å². The minimum absolute atomic E-state index is 0.630. The maximum Gasteiger partial charge on any atom is -0.0113 e. The predicted octanol–water partition coefficient (Wildman–Crippen LogP) is 3.06. The SMILES string of the molecule is CC1(C2=CC=CCC2)CC1. The molecule has 2 aliphatic carbocycles. The third-order valence-corrected chi connectivity index (χ3v) is 2.79. The maximum absolute atomic E-state index is 2.39. The van der Waals surface area contributed by atoms with Crippen LogP contribution in [0.4, 0.5) is 0 Å². The highest BCUT2D eigenvalue weighted by Gasteiger charge is 2.40. The van der Waals surface area contributed by atoms with Gasteiger partial charge >= 0.3 is 0 Å². The minimum atomic E-state index is 0.630. The molecule has 0 N–H and O–H groups in total. The van der Waals surface area contributed by atoms with E-state index in [2.05, 4.69) is 25.2 Å². The second-order valence-electron chi connectivity index (χ2n) is 3.72. The molecule has 2 aliphatic rings. The Labute approximate surface area is 62.6 Å². The Balaban J connectivity index is 2.16. The van der Waals surface area contributed by atoms with E-state index in [-0.39, 0.29) is 0 Å². The van der Waals surface area contributed by atoms with Gasteiger partial charge in [-0.3, -0.25) is 0 Å². The van der Waals surface area contributed by atoms with Crippen LogP contribution in [0.1, 0.15) is 32.6 Å². The van der Waals surface area contributed by atoms with E-state index in [9.17, 15) is 0 Å². The summed E-state index contributed by atoms with van der Waals surface area (Å²) >= 11 is 0. The summed E-state index contributed by atoms with van der Waals surface area (Å²) in [6.45, 7) is 2.39. The summed E-state index contributed by atoms with van der Waals surface area (Å²) in [5, 5.41) is 0.